The Kier molecular flexibility index (Phi) is 3.31. The predicted molar refractivity (Wildman–Crippen MR) is 76.7 cm³/mol. The zero-order valence-corrected chi connectivity index (χ0v) is 11.6. The highest BCUT2D eigenvalue weighted by Gasteiger charge is 2.24. The lowest BCUT2D eigenvalue weighted by Crippen LogP contribution is -2.52. The van der Waals surface area contributed by atoms with E-state index in [0.717, 1.165) is 36.1 Å². The molecule has 1 aliphatic rings. The quantitative estimate of drug-likeness (QED) is 0.681. The summed E-state index contributed by atoms with van der Waals surface area (Å²) in [4.78, 5) is 13.8. The fourth-order valence-corrected chi connectivity index (χ4v) is 2.69. The fraction of sp³-hybridized carbons (Fsp3) is 0.429. The van der Waals surface area contributed by atoms with E-state index in [1.807, 2.05) is 16.8 Å². The third-order valence-corrected chi connectivity index (χ3v) is 3.72. The van der Waals surface area contributed by atoms with Crippen molar-refractivity contribution >= 4 is 16.9 Å². The Morgan fingerprint density at radius 3 is 2.90 bits per heavy atom. The number of fused-ring (bicyclic) bond motifs is 1. The second kappa shape index (κ2) is 5.13. The van der Waals surface area contributed by atoms with Gasteiger partial charge in [-0.1, -0.05) is 18.2 Å². The molecule has 1 aromatic carbocycles. The van der Waals surface area contributed by atoms with Crippen LogP contribution in [0.1, 0.15) is 19.0 Å². The normalized spacial score (nSPS) is 16.2. The molecule has 0 radical (unpaired) electrons. The van der Waals surface area contributed by atoms with Crippen molar-refractivity contribution in [3.8, 4) is 0 Å². The average molecular weight is 273 g/mol. The van der Waals surface area contributed by atoms with Crippen molar-refractivity contribution in [3.63, 3.8) is 0 Å². The molecule has 0 bridgehead atoms. The van der Waals surface area contributed by atoms with Crippen molar-refractivity contribution in [2.75, 3.05) is 13.1 Å². The number of para-hydroxylation sites is 1. The van der Waals surface area contributed by atoms with Crippen LogP contribution in [0.15, 0.2) is 24.3 Å². The van der Waals surface area contributed by atoms with Crippen LogP contribution in [0.2, 0.25) is 0 Å². The molecule has 0 unspecified atom stereocenters. The molecule has 1 saturated heterocycles. The van der Waals surface area contributed by atoms with Crippen LogP contribution in [-0.4, -0.2) is 38.8 Å². The Hall–Kier alpha value is -2.08. The predicted octanol–water partition coefficient (Wildman–Crippen LogP) is 1.56. The van der Waals surface area contributed by atoms with E-state index in [1.165, 1.54) is 5.01 Å². The van der Waals surface area contributed by atoms with Gasteiger partial charge in [0.1, 0.15) is 0 Å². The second-order valence-electron chi connectivity index (χ2n) is 5.03. The summed E-state index contributed by atoms with van der Waals surface area (Å²) in [6.45, 7) is 4.76. The summed E-state index contributed by atoms with van der Waals surface area (Å²) in [6.07, 6.45) is 0.897. The van der Waals surface area contributed by atoms with Gasteiger partial charge in [0.15, 0.2) is 0 Å². The molecule has 3 rings (SSSR count). The van der Waals surface area contributed by atoms with Gasteiger partial charge in [0.2, 0.25) is 0 Å². The number of hydrazine groups is 1. The average Bonchev–Trinajstić information content (AvgIpc) is 2.82. The van der Waals surface area contributed by atoms with E-state index in [1.54, 1.807) is 4.90 Å². The number of carbonyl (C=O) groups excluding carboxylic acids is 1. The number of aromatic nitrogens is 2. The van der Waals surface area contributed by atoms with Crippen molar-refractivity contribution in [2.24, 2.45) is 5.84 Å². The first-order valence-electron chi connectivity index (χ1n) is 6.96. The Morgan fingerprint density at radius 1 is 1.30 bits per heavy atom. The van der Waals surface area contributed by atoms with Crippen LogP contribution in [0.4, 0.5) is 4.79 Å². The molecule has 0 spiro atoms. The second-order valence-corrected chi connectivity index (χ2v) is 5.03. The molecular weight excluding hydrogens is 254 g/mol. The van der Waals surface area contributed by atoms with Crippen LogP contribution < -0.4 is 5.84 Å². The van der Waals surface area contributed by atoms with E-state index in [9.17, 15) is 4.79 Å². The number of nitrogens with two attached hydrogens (primary N) is 1. The summed E-state index contributed by atoms with van der Waals surface area (Å²) >= 11 is 0. The van der Waals surface area contributed by atoms with Crippen molar-refractivity contribution < 1.29 is 4.79 Å². The van der Waals surface area contributed by atoms with Crippen molar-refractivity contribution in [1.29, 1.82) is 0 Å². The number of amides is 2. The van der Waals surface area contributed by atoms with Crippen LogP contribution in [0.3, 0.4) is 0 Å². The van der Waals surface area contributed by atoms with Gasteiger partial charge in [0, 0.05) is 25.0 Å². The smallest absolute Gasteiger partial charge is 0.317 e. The zero-order valence-electron chi connectivity index (χ0n) is 11.6. The highest BCUT2D eigenvalue weighted by atomic mass is 16.2. The maximum atomic E-state index is 12.0. The summed E-state index contributed by atoms with van der Waals surface area (Å²) in [5, 5.41) is 7.01. The Bertz CT molecular complexity index is 636. The zero-order chi connectivity index (χ0) is 14.1. The largest absolute Gasteiger partial charge is 0.334 e. The molecule has 0 aliphatic carbocycles. The molecule has 1 fully saturated rings. The maximum Gasteiger partial charge on any atom is 0.334 e. The van der Waals surface area contributed by atoms with Gasteiger partial charge < -0.3 is 4.90 Å². The molecule has 6 nitrogen and oxygen atoms in total. The van der Waals surface area contributed by atoms with Gasteiger partial charge >= 0.3 is 6.03 Å². The van der Waals surface area contributed by atoms with Crippen molar-refractivity contribution in [2.45, 2.75) is 26.4 Å². The lowest BCUT2D eigenvalue weighted by atomic mass is 10.2. The molecule has 0 saturated carbocycles. The third-order valence-electron chi connectivity index (χ3n) is 3.72. The molecule has 6 heteroatoms. The van der Waals surface area contributed by atoms with Gasteiger partial charge in [-0.25, -0.2) is 10.6 Å². The fourth-order valence-electron chi connectivity index (χ4n) is 2.69. The van der Waals surface area contributed by atoms with Gasteiger partial charge in [-0.15, -0.1) is 0 Å². The minimum Gasteiger partial charge on any atom is -0.317 e. The Balaban J connectivity index is 1.93. The SMILES string of the molecule is CCn1nc(CN2CCCN(N)C2=O)c2ccccc21. The lowest BCUT2D eigenvalue weighted by molar-refractivity contribution is 0.126. The first-order chi connectivity index (χ1) is 9.70. The van der Waals surface area contributed by atoms with Gasteiger partial charge in [0.05, 0.1) is 17.8 Å². The van der Waals surface area contributed by atoms with Gasteiger partial charge in [-0.3, -0.25) is 9.69 Å². The molecule has 2 N–H and O–H groups in total. The number of carbonyl (C=O) groups is 1. The summed E-state index contributed by atoms with van der Waals surface area (Å²) in [6, 6.07) is 8.00. The monoisotopic (exact) mass is 273 g/mol. The molecule has 2 amide bonds. The maximum absolute atomic E-state index is 12.0. The number of urea groups is 1. The molecule has 1 aliphatic heterocycles. The van der Waals surface area contributed by atoms with E-state index in [2.05, 4.69) is 24.2 Å². The lowest BCUT2D eigenvalue weighted by Gasteiger charge is -2.32. The van der Waals surface area contributed by atoms with Crippen LogP contribution >= 0.6 is 0 Å². The van der Waals surface area contributed by atoms with Gasteiger partial charge in [0.25, 0.3) is 0 Å². The molecular formula is C14H19N5O. The number of rotatable bonds is 3. The third kappa shape index (κ3) is 2.12. The molecule has 1 aromatic heterocycles. The number of hydrogen-bond donors (Lipinski definition) is 1. The minimum atomic E-state index is -0.119. The Labute approximate surface area is 117 Å². The van der Waals surface area contributed by atoms with Crippen molar-refractivity contribution in [3.05, 3.63) is 30.0 Å². The van der Waals surface area contributed by atoms with E-state index in [0.29, 0.717) is 13.1 Å². The van der Waals surface area contributed by atoms with E-state index >= 15 is 0 Å². The topological polar surface area (TPSA) is 67.4 Å². The van der Waals surface area contributed by atoms with E-state index < -0.39 is 0 Å². The first kappa shape index (κ1) is 12.9. The highest BCUT2D eigenvalue weighted by Crippen LogP contribution is 2.21. The molecule has 2 heterocycles. The molecule has 0 atom stereocenters. The van der Waals surface area contributed by atoms with E-state index in [-0.39, 0.29) is 6.03 Å². The summed E-state index contributed by atoms with van der Waals surface area (Å²) < 4.78 is 1.97. The van der Waals surface area contributed by atoms with Crippen LogP contribution in [-0.2, 0) is 13.1 Å². The summed E-state index contributed by atoms with van der Waals surface area (Å²) in [5.74, 6) is 5.68. The summed E-state index contributed by atoms with van der Waals surface area (Å²) in [5.41, 5.74) is 2.05. The van der Waals surface area contributed by atoms with Crippen LogP contribution in [0.5, 0.6) is 0 Å². The first-order valence-corrected chi connectivity index (χ1v) is 6.96. The molecule has 106 valence electrons. The van der Waals surface area contributed by atoms with Crippen LogP contribution in [0, 0.1) is 0 Å². The highest BCUT2D eigenvalue weighted by molar-refractivity contribution is 5.82. The number of benzene rings is 1. The number of hydrogen-bond acceptors (Lipinski definition) is 3. The van der Waals surface area contributed by atoms with E-state index in [4.69, 9.17) is 5.84 Å². The summed E-state index contributed by atoms with van der Waals surface area (Å²) in [7, 11) is 0. The van der Waals surface area contributed by atoms with Gasteiger partial charge in [-0.05, 0) is 19.4 Å². The number of aryl methyl sites for hydroxylation is 1. The number of nitrogens with zero attached hydrogens (tertiary/aromatic N) is 4. The minimum absolute atomic E-state index is 0.119. The standard InChI is InChI=1S/C14H19N5O/c1-2-19-13-7-4-3-6-11(13)12(16-19)10-17-8-5-9-18(15)14(17)20/h3-4,6-7H,2,5,8-10,15H2,1H3. The molecule has 2 aromatic rings. The van der Waals surface area contributed by atoms with Crippen molar-refractivity contribution in [1.82, 2.24) is 19.7 Å². The van der Waals surface area contributed by atoms with Crippen LogP contribution in [0.25, 0.3) is 10.9 Å². The Morgan fingerprint density at radius 2 is 2.10 bits per heavy atom. The molecule has 20 heavy (non-hydrogen) atoms. The van der Waals surface area contributed by atoms with Gasteiger partial charge in [-0.2, -0.15) is 5.10 Å².